The van der Waals surface area contributed by atoms with E-state index in [9.17, 15) is 16.8 Å². The molecule has 2 unspecified atom stereocenters. The fraction of sp³-hybridized carbons (Fsp3) is 0.500. The van der Waals surface area contributed by atoms with Gasteiger partial charge in [-0.25, -0.2) is 26.7 Å². The number of sulfonamides is 2. The minimum atomic E-state index is -3.99. The zero-order chi connectivity index (χ0) is 20.6. The van der Waals surface area contributed by atoms with Crippen LogP contribution in [0.2, 0.25) is 0 Å². The van der Waals surface area contributed by atoms with Gasteiger partial charge in [0.05, 0.1) is 5.25 Å². The first kappa shape index (κ1) is 21.2. The van der Waals surface area contributed by atoms with Crippen molar-refractivity contribution in [2.75, 3.05) is 0 Å². The van der Waals surface area contributed by atoms with Crippen molar-refractivity contribution >= 4 is 20.0 Å². The molecule has 0 aliphatic heterocycles. The van der Waals surface area contributed by atoms with Crippen LogP contribution in [0.15, 0.2) is 54.6 Å². The highest BCUT2D eigenvalue weighted by Gasteiger charge is 2.51. The highest BCUT2D eigenvalue weighted by molar-refractivity contribution is 7.91. The number of hydrogen-bond donors (Lipinski definition) is 2. The van der Waals surface area contributed by atoms with Crippen LogP contribution in [0.4, 0.5) is 0 Å². The maximum atomic E-state index is 12.7. The highest BCUT2D eigenvalue weighted by atomic mass is 32.2. The molecule has 2 aliphatic rings. The molecule has 3 rings (SSSR count). The van der Waals surface area contributed by atoms with Gasteiger partial charge in [0, 0.05) is 17.9 Å². The van der Waals surface area contributed by atoms with Crippen molar-refractivity contribution in [3.8, 4) is 0 Å². The van der Waals surface area contributed by atoms with Crippen molar-refractivity contribution in [1.82, 2.24) is 4.72 Å². The Morgan fingerprint density at radius 1 is 1.04 bits per heavy atom. The average Bonchev–Trinajstić information content (AvgIpc) is 3.09. The fourth-order valence-electron chi connectivity index (χ4n) is 4.16. The summed E-state index contributed by atoms with van der Waals surface area (Å²) in [5, 5.41) is 5.10. The van der Waals surface area contributed by atoms with Gasteiger partial charge >= 0.3 is 0 Å². The average molecular weight is 425 g/mol. The largest absolute Gasteiger partial charge is 0.228 e. The van der Waals surface area contributed by atoms with E-state index in [4.69, 9.17) is 5.14 Å². The van der Waals surface area contributed by atoms with Crippen LogP contribution in [-0.4, -0.2) is 32.9 Å². The van der Waals surface area contributed by atoms with Crippen LogP contribution in [0.25, 0.3) is 0 Å². The van der Waals surface area contributed by atoms with Crippen LogP contribution in [0.1, 0.15) is 44.6 Å². The van der Waals surface area contributed by atoms with E-state index >= 15 is 0 Å². The molecule has 0 bridgehead atoms. The number of nitrogens with one attached hydrogen (secondary N) is 1. The zero-order valence-electron chi connectivity index (χ0n) is 16.2. The Morgan fingerprint density at radius 2 is 1.64 bits per heavy atom. The monoisotopic (exact) mass is 424 g/mol. The number of rotatable bonds is 6. The van der Waals surface area contributed by atoms with Crippen molar-refractivity contribution in [2.24, 2.45) is 11.1 Å². The SMILES string of the molecule is CC(C)S(=O)(=O)NC1CCCC1C1(S(N)(=O)=O)C=CC(c2ccccc2)C=C1. The number of benzene rings is 1. The lowest BCUT2D eigenvalue weighted by Crippen LogP contribution is -2.54. The van der Waals surface area contributed by atoms with E-state index in [2.05, 4.69) is 4.72 Å². The Labute approximate surface area is 168 Å². The molecule has 0 radical (unpaired) electrons. The first-order valence-electron chi connectivity index (χ1n) is 9.54. The summed E-state index contributed by atoms with van der Waals surface area (Å²) in [6.07, 6.45) is 8.96. The van der Waals surface area contributed by atoms with E-state index in [0.717, 1.165) is 12.0 Å². The number of allylic oxidation sites excluding steroid dienone is 2. The van der Waals surface area contributed by atoms with Crippen molar-refractivity contribution in [1.29, 1.82) is 0 Å². The number of primary sulfonamides is 1. The van der Waals surface area contributed by atoms with Crippen LogP contribution in [0, 0.1) is 5.92 Å². The van der Waals surface area contributed by atoms with Crippen LogP contribution >= 0.6 is 0 Å². The van der Waals surface area contributed by atoms with Gasteiger partial charge in [-0.05, 0) is 32.3 Å². The normalized spacial score (nSPS) is 30.8. The highest BCUT2D eigenvalue weighted by Crippen LogP contribution is 2.43. The van der Waals surface area contributed by atoms with Gasteiger partial charge in [0.1, 0.15) is 4.75 Å². The summed E-state index contributed by atoms with van der Waals surface area (Å²) < 4.78 is 51.4. The van der Waals surface area contributed by atoms with Crippen molar-refractivity contribution < 1.29 is 16.8 Å². The van der Waals surface area contributed by atoms with Crippen molar-refractivity contribution in [3.63, 3.8) is 0 Å². The lowest BCUT2D eigenvalue weighted by Gasteiger charge is -2.38. The number of nitrogens with two attached hydrogens (primary N) is 1. The first-order chi connectivity index (χ1) is 13.1. The Bertz CT molecular complexity index is 953. The minimum absolute atomic E-state index is 0.0386. The van der Waals surface area contributed by atoms with Crippen LogP contribution in [-0.2, 0) is 20.0 Å². The predicted octanol–water partition coefficient (Wildman–Crippen LogP) is 2.42. The molecule has 6 nitrogen and oxygen atoms in total. The number of hydrogen-bond acceptors (Lipinski definition) is 4. The predicted molar refractivity (Wildman–Crippen MR) is 112 cm³/mol. The minimum Gasteiger partial charge on any atom is -0.228 e. The topological polar surface area (TPSA) is 106 Å². The van der Waals surface area contributed by atoms with E-state index < -0.39 is 42.0 Å². The molecule has 0 amide bonds. The zero-order valence-corrected chi connectivity index (χ0v) is 17.8. The molecule has 0 aromatic heterocycles. The molecule has 28 heavy (non-hydrogen) atoms. The molecule has 0 heterocycles. The van der Waals surface area contributed by atoms with E-state index in [1.807, 2.05) is 42.5 Å². The smallest absolute Gasteiger partial charge is 0.222 e. The van der Waals surface area contributed by atoms with E-state index in [1.165, 1.54) is 0 Å². The second-order valence-corrected chi connectivity index (χ2v) is 12.0. The lowest BCUT2D eigenvalue weighted by molar-refractivity contribution is 0.395. The summed E-state index contributed by atoms with van der Waals surface area (Å²) in [5.74, 6) is -0.483. The molecule has 0 saturated heterocycles. The second-order valence-electron chi connectivity index (χ2n) is 7.91. The molecular formula is C20H28N2O4S2. The third-order valence-electron chi connectivity index (χ3n) is 5.84. The van der Waals surface area contributed by atoms with E-state index in [-0.39, 0.29) is 5.92 Å². The molecule has 8 heteroatoms. The molecule has 2 atom stereocenters. The Balaban J connectivity index is 1.95. The van der Waals surface area contributed by atoms with Gasteiger partial charge in [-0.15, -0.1) is 0 Å². The Morgan fingerprint density at radius 3 is 2.18 bits per heavy atom. The molecule has 1 aromatic rings. The lowest BCUT2D eigenvalue weighted by atomic mass is 9.81. The molecule has 3 N–H and O–H groups in total. The maximum Gasteiger partial charge on any atom is 0.222 e. The van der Waals surface area contributed by atoms with Gasteiger partial charge in [-0.3, -0.25) is 0 Å². The van der Waals surface area contributed by atoms with Crippen LogP contribution in [0.5, 0.6) is 0 Å². The van der Waals surface area contributed by atoms with Gasteiger partial charge in [0.25, 0.3) is 0 Å². The van der Waals surface area contributed by atoms with Crippen LogP contribution in [0.3, 0.4) is 0 Å². The van der Waals surface area contributed by atoms with Crippen molar-refractivity contribution in [3.05, 3.63) is 60.2 Å². The van der Waals surface area contributed by atoms with Gasteiger partial charge in [0.15, 0.2) is 0 Å². The molecule has 1 aromatic carbocycles. The summed E-state index contributed by atoms with van der Waals surface area (Å²) in [5.41, 5.74) is 1.06. The molecule has 154 valence electrons. The summed E-state index contributed by atoms with van der Waals surface area (Å²) in [6.45, 7) is 3.21. The van der Waals surface area contributed by atoms with Gasteiger partial charge in [-0.2, -0.15) is 0 Å². The molecule has 0 spiro atoms. The molecule has 1 saturated carbocycles. The quantitative estimate of drug-likeness (QED) is 0.684. The van der Waals surface area contributed by atoms with E-state index in [1.54, 1.807) is 26.0 Å². The van der Waals surface area contributed by atoms with Crippen LogP contribution < -0.4 is 9.86 Å². The van der Waals surface area contributed by atoms with Gasteiger partial charge in [-0.1, -0.05) is 61.1 Å². The third kappa shape index (κ3) is 3.96. The summed E-state index contributed by atoms with van der Waals surface area (Å²) in [7, 11) is -7.51. The summed E-state index contributed by atoms with van der Waals surface area (Å²) in [6, 6.07) is 9.31. The molecule has 1 fully saturated rings. The maximum absolute atomic E-state index is 12.7. The second kappa shape index (κ2) is 7.74. The third-order valence-corrected chi connectivity index (χ3v) is 9.27. The molecular weight excluding hydrogens is 396 g/mol. The van der Waals surface area contributed by atoms with E-state index in [0.29, 0.717) is 12.8 Å². The molecule has 2 aliphatic carbocycles. The van der Waals surface area contributed by atoms with Gasteiger partial charge in [0.2, 0.25) is 20.0 Å². The first-order valence-corrected chi connectivity index (χ1v) is 12.6. The Hall–Kier alpha value is -1.48. The standard InChI is InChI=1S/C20H28N2O4S2/c1-15(2)27(23,24)22-19-10-6-9-18(19)20(28(21,25)26)13-11-17(12-14-20)16-7-4-3-5-8-16/h3-5,7-8,11-15,17-19,22H,6,9-10H2,1-2H3,(H2,21,25,26). The van der Waals surface area contributed by atoms with Gasteiger partial charge < -0.3 is 0 Å². The summed E-state index contributed by atoms with van der Waals surface area (Å²) >= 11 is 0. The Kier molecular flexibility index (Phi) is 5.87. The summed E-state index contributed by atoms with van der Waals surface area (Å²) in [4.78, 5) is 0. The fourth-order valence-corrected chi connectivity index (χ4v) is 6.38. The van der Waals surface area contributed by atoms with Crippen molar-refractivity contribution in [2.45, 2.75) is 55.1 Å².